The fraction of sp³-hybridized carbons (Fsp3) is 0. The molecule has 1 aromatic heterocycles. The Balaban J connectivity index is 1.88. The number of nitrogens with one attached hydrogen (secondary N) is 2. The number of aromatic nitrogens is 1. The number of rotatable bonds is 3. The van der Waals surface area contributed by atoms with Crippen LogP contribution in [0.25, 0.3) is 10.2 Å². The lowest BCUT2D eigenvalue weighted by Crippen LogP contribution is -2.16. The number of hydrazine groups is 1. The molecular weight excluding hydrogens is 272 g/mol. The van der Waals surface area contributed by atoms with E-state index in [1.165, 1.54) is 11.3 Å². The fourth-order valence-corrected chi connectivity index (χ4v) is 2.76. The average Bonchev–Trinajstić information content (AvgIpc) is 2.89. The number of anilines is 2. The summed E-state index contributed by atoms with van der Waals surface area (Å²) in [6, 6.07) is 14.8. The average molecular weight is 284 g/mol. The maximum atomic E-state index is 12.2. The summed E-state index contributed by atoms with van der Waals surface area (Å²) in [5.74, 6) is 5.16. The van der Waals surface area contributed by atoms with Crippen molar-refractivity contribution in [3.05, 3.63) is 54.1 Å². The van der Waals surface area contributed by atoms with Crippen molar-refractivity contribution >= 4 is 38.3 Å². The number of amides is 1. The summed E-state index contributed by atoms with van der Waals surface area (Å²) in [5.41, 5.74) is 4.44. The number of para-hydroxylation sites is 2. The molecule has 4 N–H and O–H groups in total. The first-order valence-corrected chi connectivity index (χ1v) is 6.82. The van der Waals surface area contributed by atoms with Gasteiger partial charge in [0.2, 0.25) is 0 Å². The minimum Gasteiger partial charge on any atom is -0.323 e. The van der Waals surface area contributed by atoms with Gasteiger partial charge in [-0.1, -0.05) is 35.6 Å². The van der Waals surface area contributed by atoms with Crippen LogP contribution in [0, 0.1) is 0 Å². The van der Waals surface area contributed by atoms with Crippen LogP contribution in [0.3, 0.4) is 0 Å². The number of nitrogen functional groups attached to an aromatic ring is 1. The van der Waals surface area contributed by atoms with Crippen molar-refractivity contribution in [3.63, 3.8) is 0 Å². The third-order valence-electron chi connectivity index (χ3n) is 2.84. The van der Waals surface area contributed by atoms with E-state index in [0.29, 0.717) is 16.4 Å². The van der Waals surface area contributed by atoms with Crippen LogP contribution < -0.4 is 16.6 Å². The van der Waals surface area contributed by atoms with Crippen molar-refractivity contribution in [2.75, 3.05) is 10.7 Å². The van der Waals surface area contributed by atoms with Crippen LogP contribution in [0.15, 0.2) is 48.5 Å². The van der Waals surface area contributed by atoms with Crippen LogP contribution in [-0.2, 0) is 0 Å². The number of fused-ring (bicyclic) bond motifs is 1. The smallest absolute Gasteiger partial charge is 0.259 e. The molecule has 5 nitrogen and oxygen atoms in total. The van der Waals surface area contributed by atoms with Gasteiger partial charge in [-0.3, -0.25) is 16.0 Å². The van der Waals surface area contributed by atoms with Gasteiger partial charge in [-0.15, -0.1) is 0 Å². The van der Waals surface area contributed by atoms with E-state index in [1.54, 1.807) is 18.2 Å². The first-order valence-electron chi connectivity index (χ1n) is 6.00. The molecule has 0 aliphatic heterocycles. The van der Waals surface area contributed by atoms with Gasteiger partial charge in [0, 0.05) is 0 Å². The molecule has 3 aromatic rings. The minimum atomic E-state index is -0.238. The predicted octanol–water partition coefficient (Wildman–Crippen LogP) is 2.83. The fourth-order valence-electron chi connectivity index (χ4n) is 1.90. The molecule has 0 radical (unpaired) electrons. The molecule has 0 saturated carbocycles. The van der Waals surface area contributed by atoms with Gasteiger partial charge in [0.1, 0.15) is 0 Å². The van der Waals surface area contributed by atoms with Gasteiger partial charge >= 0.3 is 0 Å². The third-order valence-corrected chi connectivity index (χ3v) is 3.79. The molecular formula is C14H12N4OS. The summed E-state index contributed by atoms with van der Waals surface area (Å²) < 4.78 is 1.04. The lowest BCUT2D eigenvalue weighted by molar-refractivity contribution is 0.102. The summed E-state index contributed by atoms with van der Waals surface area (Å²) in [6.07, 6.45) is 0. The van der Waals surface area contributed by atoms with Gasteiger partial charge < -0.3 is 5.43 Å². The Hall–Kier alpha value is -2.44. The zero-order valence-electron chi connectivity index (χ0n) is 10.5. The van der Waals surface area contributed by atoms with E-state index in [4.69, 9.17) is 5.84 Å². The molecule has 3 rings (SSSR count). The van der Waals surface area contributed by atoms with E-state index < -0.39 is 0 Å². The molecule has 100 valence electrons. The van der Waals surface area contributed by atoms with Crippen LogP contribution in [0.4, 0.5) is 10.8 Å². The number of hydrogen-bond acceptors (Lipinski definition) is 5. The molecule has 0 aliphatic carbocycles. The summed E-state index contributed by atoms with van der Waals surface area (Å²) >= 11 is 1.44. The zero-order valence-corrected chi connectivity index (χ0v) is 11.3. The number of thiazole rings is 1. The van der Waals surface area contributed by atoms with Gasteiger partial charge in [-0.2, -0.15) is 0 Å². The second-order valence-corrected chi connectivity index (χ2v) is 5.16. The van der Waals surface area contributed by atoms with Crippen molar-refractivity contribution in [1.82, 2.24) is 4.98 Å². The molecule has 0 aliphatic rings. The molecule has 0 fully saturated rings. The van der Waals surface area contributed by atoms with Crippen LogP contribution in [0.5, 0.6) is 0 Å². The van der Waals surface area contributed by atoms with Gasteiger partial charge in [0.25, 0.3) is 5.91 Å². The van der Waals surface area contributed by atoms with Crippen molar-refractivity contribution in [1.29, 1.82) is 0 Å². The Morgan fingerprint density at radius 2 is 1.85 bits per heavy atom. The second kappa shape index (κ2) is 5.28. The van der Waals surface area contributed by atoms with E-state index >= 15 is 0 Å². The molecule has 2 aromatic carbocycles. The van der Waals surface area contributed by atoms with E-state index in [9.17, 15) is 4.79 Å². The number of carbonyl (C=O) groups is 1. The van der Waals surface area contributed by atoms with Crippen molar-refractivity contribution < 1.29 is 4.79 Å². The molecule has 1 heterocycles. The maximum Gasteiger partial charge on any atom is 0.259 e. The quantitative estimate of drug-likeness (QED) is 0.510. The van der Waals surface area contributed by atoms with E-state index in [2.05, 4.69) is 15.7 Å². The topological polar surface area (TPSA) is 80.0 Å². The third kappa shape index (κ3) is 2.34. The van der Waals surface area contributed by atoms with Gasteiger partial charge in [0.05, 0.1) is 21.5 Å². The minimum absolute atomic E-state index is 0.238. The zero-order chi connectivity index (χ0) is 13.9. The Bertz CT molecular complexity index is 735. The molecule has 6 heteroatoms. The van der Waals surface area contributed by atoms with E-state index in [1.807, 2.05) is 30.3 Å². The lowest BCUT2D eigenvalue weighted by atomic mass is 10.1. The molecule has 0 atom stereocenters. The molecule has 0 spiro atoms. The van der Waals surface area contributed by atoms with Crippen LogP contribution in [-0.4, -0.2) is 10.9 Å². The monoisotopic (exact) mass is 284 g/mol. The molecule has 0 saturated heterocycles. The first kappa shape index (κ1) is 12.6. The Morgan fingerprint density at radius 3 is 2.65 bits per heavy atom. The number of benzene rings is 2. The summed E-state index contributed by atoms with van der Waals surface area (Å²) in [4.78, 5) is 16.6. The number of nitrogens with two attached hydrogens (primary N) is 1. The Morgan fingerprint density at radius 1 is 1.10 bits per heavy atom. The van der Waals surface area contributed by atoms with Crippen LogP contribution in [0.2, 0.25) is 0 Å². The lowest BCUT2D eigenvalue weighted by Gasteiger charge is -2.07. The van der Waals surface area contributed by atoms with Crippen molar-refractivity contribution in [3.8, 4) is 0 Å². The normalized spacial score (nSPS) is 10.4. The highest BCUT2D eigenvalue weighted by molar-refractivity contribution is 7.22. The number of hydrogen-bond donors (Lipinski definition) is 3. The van der Waals surface area contributed by atoms with Gasteiger partial charge in [-0.05, 0) is 24.3 Å². The van der Waals surface area contributed by atoms with Crippen LogP contribution >= 0.6 is 11.3 Å². The highest BCUT2D eigenvalue weighted by Gasteiger charge is 2.12. The number of nitrogens with zero attached hydrogens (tertiary/aromatic N) is 1. The summed E-state index contributed by atoms with van der Waals surface area (Å²) in [6.45, 7) is 0. The Kier molecular flexibility index (Phi) is 3.32. The van der Waals surface area contributed by atoms with Crippen molar-refractivity contribution in [2.45, 2.75) is 0 Å². The predicted molar refractivity (Wildman–Crippen MR) is 81.8 cm³/mol. The summed E-state index contributed by atoms with van der Waals surface area (Å²) in [5, 5.41) is 3.37. The maximum absolute atomic E-state index is 12.2. The van der Waals surface area contributed by atoms with Gasteiger partial charge in [0.15, 0.2) is 5.13 Å². The first-order chi connectivity index (χ1) is 9.78. The van der Waals surface area contributed by atoms with E-state index in [0.717, 1.165) is 10.2 Å². The molecule has 1 amide bonds. The standard InChI is InChI=1S/C14H12N4OS/c15-18-10-6-2-1-5-9(10)13(19)17-14-16-11-7-3-4-8-12(11)20-14/h1-8,18H,15H2,(H,16,17,19). The summed E-state index contributed by atoms with van der Waals surface area (Å²) in [7, 11) is 0. The van der Waals surface area contributed by atoms with Crippen LogP contribution in [0.1, 0.15) is 10.4 Å². The highest BCUT2D eigenvalue weighted by Crippen LogP contribution is 2.26. The Labute approximate surface area is 119 Å². The highest BCUT2D eigenvalue weighted by atomic mass is 32.1. The molecule has 0 unspecified atom stereocenters. The molecule has 0 bridgehead atoms. The van der Waals surface area contributed by atoms with E-state index in [-0.39, 0.29) is 5.91 Å². The molecule has 20 heavy (non-hydrogen) atoms. The SMILES string of the molecule is NNc1ccccc1C(=O)Nc1nc2ccccc2s1. The van der Waals surface area contributed by atoms with Gasteiger partial charge in [-0.25, -0.2) is 4.98 Å². The largest absolute Gasteiger partial charge is 0.323 e. The number of carbonyl (C=O) groups excluding carboxylic acids is 1. The second-order valence-electron chi connectivity index (χ2n) is 4.13. The van der Waals surface area contributed by atoms with Crippen molar-refractivity contribution in [2.24, 2.45) is 5.84 Å².